The van der Waals surface area contributed by atoms with Gasteiger partial charge in [0.05, 0.1) is 0 Å². The first-order valence-electron chi connectivity index (χ1n) is 5.25. The van der Waals surface area contributed by atoms with Crippen LogP contribution in [0, 0.1) is 6.92 Å². The van der Waals surface area contributed by atoms with Crippen molar-refractivity contribution in [2.45, 2.75) is 25.7 Å². The number of piperidine rings is 1. The first-order chi connectivity index (χ1) is 6.79. The second-order valence-corrected chi connectivity index (χ2v) is 4.40. The van der Waals surface area contributed by atoms with Crippen LogP contribution in [0.25, 0.3) is 0 Å². The first-order valence-corrected chi connectivity index (χ1v) is 5.62. The van der Waals surface area contributed by atoms with Gasteiger partial charge in [-0.25, -0.2) is 0 Å². The van der Waals surface area contributed by atoms with Crippen LogP contribution in [0.3, 0.4) is 0 Å². The van der Waals surface area contributed by atoms with E-state index in [2.05, 4.69) is 30.4 Å². The number of hydrogen-bond acceptors (Lipinski definition) is 1. The average Bonchev–Trinajstić information content (AvgIpc) is 2.23. The molecule has 0 bridgehead atoms. The van der Waals surface area contributed by atoms with Crippen LogP contribution in [0.15, 0.2) is 18.2 Å². The number of benzene rings is 1. The zero-order chi connectivity index (χ0) is 9.97. The second-order valence-electron chi connectivity index (χ2n) is 4.02. The van der Waals surface area contributed by atoms with E-state index in [-0.39, 0.29) is 0 Å². The van der Waals surface area contributed by atoms with Crippen molar-refractivity contribution in [3.63, 3.8) is 0 Å². The van der Waals surface area contributed by atoms with E-state index in [0.717, 1.165) is 18.1 Å². The highest BCUT2D eigenvalue weighted by Gasteiger charge is 2.17. The molecule has 0 unspecified atom stereocenters. The molecular formula is C12H16ClN. The van der Waals surface area contributed by atoms with E-state index in [1.807, 2.05) is 0 Å². The van der Waals surface area contributed by atoms with Gasteiger partial charge in [-0.15, -0.1) is 0 Å². The minimum atomic E-state index is 0.608. The standard InChI is InChI=1S/C12H16ClN/c1-9-4-2-6-11(12(9)13)10-5-3-7-14-8-10/h2,4,6,10,14H,3,5,7-8H2,1H3/t10-/m1/s1. The first kappa shape index (κ1) is 10.0. The lowest BCUT2D eigenvalue weighted by Gasteiger charge is -2.24. The lowest BCUT2D eigenvalue weighted by Crippen LogP contribution is -2.28. The number of halogens is 1. The van der Waals surface area contributed by atoms with E-state index in [1.165, 1.54) is 24.0 Å². The molecule has 1 atom stereocenters. The molecule has 76 valence electrons. The molecule has 1 aliphatic heterocycles. The number of nitrogens with one attached hydrogen (secondary N) is 1. The fraction of sp³-hybridized carbons (Fsp3) is 0.500. The molecule has 14 heavy (non-hydrogen) atoms. The molecule has 1 aromatic rings. The molecular weight excluding hydrogens is 194 g/mol. The summed E-state index contributed by atoms with van der Waals surface area (Å²) < 4.78 is 0. The Kier molecular flexibility index (Phi) is 3.09. The molecule has 1 fully saturated rings. The van der Waals surface area contributed by atoms with Gasteiger partial charge in [-0.3, -0.25) is 0 Å². The molecule has 1 aliphatic rings. The molecule has 0 aliphatic carbocycles. The molecule has 1 N–H and O–H groups in total. The molecule has 0 spiro atoms. The summed E-state index contributed by atoms with van der Waals surface area (Å²) in [6, 6.07) is 6.33. The highest BCUT2D eigenvalue weighted by Crippen LogP contribution is 2.31. The maximum Gasteiger partial charge on any atom is 0.0470 e. The molecule has 2 rings (SSSR count). The Balaban J connectivity index is 2.26. The van der Waals surface area contributed by atoms with Gasteiger partial charge in [0, 0.05) is 11.6 Å². The Morgan fingerprint density at radius 1 is 1.43 bits per heavy atom. The summed E-state index contributed by atoms with van der Waals surface area (Å²) in [5, 5.41) is 4.38. The van der Waals surface area contributed by atoms with Gasteiger partial charge in [0.15, 0.2) is 0 Å². The van der Waals surface area contributed by atoms with Crippen LogP contribution in [0.5, 0.6) is 0 Å². The Hall–Kier alpha value is -0.530. The summed E-state index contributed by atoms with van der Waals surface area (Å²) in [7, 11) is 0. The van der Waals surface area contributed by atoms with Crippen molar-refractivity contribution in [2.24, 2.45) is 0 Å². The SMILES string of the molecule is Cc1cccc([C@@H]2CCCNC2)c1Cl. The predicted molar refractivity (Wildman–Crippen MR) is 61.0 cm³/mol. The van der Waals surface area contributed by atoms with Crippen molar-refractivity contribution in [2.75, 3.05) is 13.1 Å². The largest absolute Gasteiger partial charge is 0.316 e. The molecule has 0 radical (unpaired) electrons. The lowest BCUT2D eigenvalue weighted by molar-refractivity contribution is 0.461. The Morgan fingerprint density at radius 3 is 3.00 bits per heavy atom. The van der Waals surface area contributed by atoms with Gasteiger partial charge in [0.1, 0.15) is 0 Å². The highest BCUT2D eigenvalue weighted by molar-refractivity contribution is 6.32. The van der Waals surface area contributed by atoms with Crippen molar-refractivity contribution >= 4 is 11.6 Å². The zero-order valence-corrected chi connectivity index (χ0v) is 9.27. The quantitative estimate of drug-likeness (QED) is 0.750. The van der Waals surface area contributed by atoms with Gasteiger partial charge < -0.3 is 5.32 Å². The summed E-state index contributed by atoms with van der Waals surface area (Å²) >= 11 is 6.30. The Bertz CT molecular complexity index is 316. The molecule has 1 aromatic carbocycles. The van der Waals surface area contributed by atoms with E-state index in [9.17, 15) is 0 Å². The summed E-state index contributed by atoms with van der Waals surface area (Å²) in [6.45, 7) is 4.30. The van der Waals surface area contributed by atoms with E-state index in [4.69, 9.17) is 11.6 Å². The van der Waals surface area contributed by atoms with Crippen molar-refractivity contribution in [1.29, 1.82) is 0 Å². The minimum absolute atomic E-state index is 0.608. The van der Waals surface area contributed by atoms with Gasteiger partial charge in [0.25, 0.3) is 0 Å². The molecule has 0 amide bonds. The third kappa shape index (κ3) is 1.94. The third-order valence-corrected chi connectivity index (χ3v) is 3.47. The van der Waals surface area contributed by atoms with Crippen LogP contribution in [0.1, 0.15) is 29.9 Å². The summed E-state index contributed by atoms with van der Waals surface area (Å²) in [4.78, 5) is 0. The van der Waals surface area contributed by atoms with Crippen LogP contribution in [0.2, 0.25) is 5.02 Å². The van der Waals surface area contributed by atoms with Crippen molar-refractivity contribution < 1.29 is 0 Å². The van der Waals surface area contributed by atoms with Crippen LogP contribution >= 0.6 is 11.6 Å². The molecule has 0 saturated carbocycles. The Morgan fingerprint density at radius 2 is 2.29 bits per heavy atom. The van der Waals surface area contributed by atoms with E-state index in [0.29, 0.717) is 5.92 Å². The van der Waals surface area contributed by atoms with Crippen molar-refractivity contribution in [1.82, 2.24) is 5.32 Å². The van der Waals surface area contributed by atoms with E-state index >= 15 is 0 Å². The monoisotopic (exact) mass is 209 g/mol. The molecule has 1 nitrogen and oxygen atoms in total. The minimum Gasteiger partial charge on any atom is -0.316 e. The highest BCUT2D eigenvalue weighted by atomic mass is 35.5. The van der Waals surface area contributed by atoms with Crippen molar-refractivity contribution in [3.05, 3.63) is 34.3 Å². The summed E-state index contributed by atoms with van der Waals surface area (Å²) in [5.74, 6) is 0.608. The van der Waals surface area contributed by atoms with E-state index < -0.39 is 0 Å². The van der Waals surface area contributed by atoms with Crippen LogP contribution in [-0.2, 0) is 0 Å². The molecule has 1 heterocycles. The van der Waals surface area contributed by atoms with Crippen molar-refractivity contribution in [3.8, 4) is 0 Å². The summed E-state index contributed by atoms with van der Waals surface area (Å²) in [6.07, 6.45) is 2.52. The van der Waals surface area contributed by atoms with Gasteiger partial charge in [-0.2, -0.15) is 0 Å². The molecule has 2 heteroatoms. The maximum absolute atomic E-state index is 6.30. The third-order valence-electron chi connectivity index (χ3n) is 2.96. The fourth-order valence-corrected chi connectivity index (χ4v) is 2.38. The van der Waals surface area contributed by atoms with Crippen LogP contribution in [-0.4, -0.2) is 13.1 Å². The smallest absolute Gasteiger partial charge is 0.0470 e. The average molecular weight is 210 g/mol. The van der Waals surface area contributed by atoms with Gasteiger partial charge in [0.2, 0.25) is 0 Å². The maximum atomic E-state index is 6.30. The molecule has 0 aromatic heterocycles. The van der Waals surface area contributed by atoms with E-state index in [1.54, 1.807) is 0 Å². The molecule has 1 saturated heterocycles. The normalized spacial score (nSPS) is 22.3. The van der Waals surface area contributed by atoms with Gasteiger partial charge in [-0.1, -0.05) is 29.8 Å². The number of aryl methyl sites for hydroxylation is 1. The number of hydrogen-bond donors (Lipinski definition) is 1. The lowest BCUT2D eigenvalue weighted by atomic mass is 9.91. The van der Waals surface area contributed by atoms with Crippen LogP contribution in [0.4, 0.5) is 0 Å². The van der Waals surface area contributed by atoms with Gasteiger partial charge >= 0.3 is 0 Å². The second kappa shape index (κ2) is 4.33. The number of rotatable bonds is 1. The fourth-order valence-electron chi connectivity index (χ4n) is 2.10. The predicted octanol–water partition coefficient (Wildman–Crippen LogP) is 3.12. The van der Waals surface area contributed by atoms with Gasteiger partial charge in [-0.05, 0) is 43.4 Å². The van der Waals surface area contributed by atoms with Crippen LogP contribution < -0.4 is 5.32 Å². The topological polar surface area (TPSA) is 12.0 Å². The zero-order valence-electron chi connectivity index (χ0n) is 8.52. The summed E-state index contributed by atoms with van der Waals surface area (Å²) in [5.41, 5.74) is 2.51. The Labute approximate surface area is 90.5 Å².